The van der Waals surface area contributed by atoms with E-state index >= 15 is 0 Å². The summed E-state index contributed by atoms with van der Waals surface area (Å²) in [5, 5.41) is 13.9. The summed E-state index contributed by atoms with van der Waals surface area (Å²) in [6, 6.07) is 5.75. The minimum Gasteiger partial charge on any atom is -0.356 e. The van der Waals surface area contributed by atoms with E-state index in [1.165, 1.54) is 12.0 Å². The van der Waals surface area contributed by atoms with E-state index in [0.717, 1.165) is 49.3 Å². The van der Waals surface area contributed by atoms with Crippen molar-refractivity contribution in [2.24, 2.45) is 11.3 Å². The molecule has 0 aromatic heterocycles. The summed E-state index contributed by atoms with van der Waals surface area (Å²) in [6.45, 7) is 1.16. The van der Waals surface area contributed by atoms with Gasteiger partial charge in [-0.05, 0) is 61.3 Å². The molecule has 1 saturated carbocycles. The first-order chi connectivity index (χ1) is 11.5. The molecule has 128 valence electrons. The van der Waals surface area contributed by atoms with E-state index in [1.807, 2.05) is 18.2 Å². The predicted octanol–water partition coefficient (Wildman–Crippen LogP) is 2.31. The summed E-state index contributed by atoms with van der Waals surface area (Å²) in [5.74, 6) is 0.257. The lowest BCUT2D eigenvalue weighted by molar-refractivity contribution is -0.119. The van der Waals surface area contributed by atoms with Gasteiger partial charge in [0.2, 0.25) is 5.91 Å². The van der Waals surface area contributed by atoms with Gasteiger partial charge in [0.15, 0.2) is 0 Å². The summed E-state index contributed by atoms with van der Waals surface area (Å²) < 4.78 is 0. The lowest BCUT2D eigenvalue weighted by atomic mass is 9.71. The minimum absolute atomic E-state index is 0.0105. The lowest BCUT2D eigenvalue weighted by Crippen LogP contribution is -2.35. The maximum absolute atomic E-state index is 12.5. The number of amides is 2. The van der Waals surface area contributed by atoms with Crippen molar-refractivity contribution in [3.63, 3.8) is 0 Å². The zero-order chi connectivity index (χ0) is 16.7. The number of carbonyl (C=O) groups excluding carboxylic acids is 2. The van der Waals surface area contributed by atoms with Crippen LogP contribution in [0.5, 0.6) is 0 Å². The van der Waals surface area contributed by atoms with Crippen LogP contribution in [-0.4, -0.2) is 35.2 Å². The van der Waals surface area contributed by atoms with Crippen molar-refractivity contribution in [1.82, 2.24) is 10.4 Å². The molecule has 5 heteroatoms. The van der Waals surface area contributed by atoms with Crippen molar-refractivity contribution >= 4 is 11.8 Å². The average molecular weight is 328 g/mol. The van der Waals surface area contributed by atoms with Gasteiger partial charge in [0.05, 0.1) is 6.54 Å². The number of nitrogens with zero attached hydrogens (tertiary/aromatic N) is 1. The topological polar surface area (TPSA) is 69.6 Å². The zero-order valence-electron chi connectivity index (χ0n) is 13.9. The first kappa shape index (κ1) is 15.6. The van der Waals surface area contributed by atoms with E-state index in [-0.39, 0.29) is 17.2 Å². The second-order valence-electron chi connectivity index (χ2n) is 7.80. The fraction of sp³-hybridized carbons (Fsp3) is 0.579. The predicted molar refractivity (Wildman–Crippen MR) is 88.7 cm³/mol. The molecule has 1 aromatic rings. The molecule has 2 fully saturated rings. The van der Waals surface area contributed by atoms with Gasteiger partial charge in [0.25, 0.3) is 5.91 Å². The number of nitrogens with one attached hydrogen (secondary N) is 1. The van der Waals surface area contributed by atoms with E-state index in [0.29, 0.717) is 24.4 Å². The number of benzene rings is 1. The van der Waals surface area contributed by atoms with Gasteiger partial charge in [0, 0.05) is 23.9 Å². The number of hydrogen-bond donors (Lipinski definition) is 2. The number of hydrogen-bond acceptors (Lipinski definition) is 3. The Kier molecular flexibility index (Phi) is 3.83. The number of carbonyl (C=O) groups is 2. The average Bonchev–Trinajstić information content (AvgIpc) is 2.89. The smallest absolute Gasteiger partial charge is 0.277 e. The van der Waals surface area contributed by atoms with Gasteiger partial charge in [-0.1, -0.05) is 12.5 Å². The number of aryl methyl sites for hydroxylation is 1. The number of fused-ring (bicyclic) bond motifs is 1. The Morgan fingerprint density at radius 3 is 2.79 bits per heavy atom. The molecule has 0 unspecified atom stereocenters. The molecular weight excluding hydrogens is 304 g/mol. The number of hydroxylamine groups is 2. The van der Waals surface area contributed by atoms with Crippen LogP contribution in [-0.2, 0) is 17.6 Å². The summed E-state index contributed by atoms with van der Waals surface area (Å²) in [5.41, 5.74) is 2.97. The third-order valence-electron chi connectivity index (χ3n) is 6.03. The second kappa shape index (κ2) is 5.88. The van der Waals surface area contributed by atoms with Crippen LogP contribution in [0.1, 0.15) is 53.6 Å². The van der Waals surface area contributed by atoms with Gasteiger partial charge >= 0.3 is 0 Å². The number of rotatable bonds is 3. The molecule has 1 saturated heterocycles. The summed E-state index contributed by atoms with van der Waals surface area (Å²) in [7, 11) is 0. The SMILES string of the molecule is O=C1C[C@@]2(CCc3ccc(C(=O)N(O)CC4CCC4)cc3C2)CN1. The molecule has 5 nitrogen and oxygen atoms in total. The molecule has 24 heavy (non-hydrogen) atoms. The van der Waals surface area contributed by atoms with Gasteiger partial charge in [-0.15, -0.1) is 0 Å². The van der Waals surface area contributed by atoms with Gasteiger partial charge in [0.1, 0.15) is 0 Å². The monoisotopic (exact) mass is 328 g/mol. The molecule has 1 spiro atoms. The van der Waals surface area contributed by atoms with Crippen LogP contribution in [0.2, 0.25) is 0 Å². The minimum atomic E-state index is -0.315. The maximum Gasteiger partial charge on any atom is 0.277 e. The highest BCUT2D eigenvalue weighted by Gasteiger charge is 2.41. The molecule has 2 amide bonds. The van der Waals surface area contributed by atoms with E-state index in [4.69, 9.17) is 0 Å². The summed E-state index contributed by atoms with van der Waals surface area (Å²) in [4.78, 5) is 24.1. The van der Waals surface area contributed by atoms with Crippen molar-refractivity contribution < 1.29 is 14.8 Å². The molecule has 1 atom stereocenters. The van der Waals surface area contributed by atoms with Crippen LogP contribution in [0.3, 0.4) is 0 Å². The molecule has 1 heterocycles. The first-order valence-electron chi connectivity index (χ1n) is 8.94. The van der Waals surface area contributed by atoms with E-state index in [1.54, 1.807) is 0 Å². The van der Waals surface area contributed by atoms with Crippen LogP contribution >= 0.6 is 0 Å². The summed E-state index contributed by atoms with van der Waals surface area (Å²) in [6.07, 6.45) is 6.76. The maximum atomic E-state index is 12.5. The quantitative estimate of drug-likeness (QED) is 0.661. The lowest BCUT2D eigenvalue weighted by Gasteiger charge is -2.33. The van der Waals surface area contributed by atoms with Crippen LogP contribution in [0.4, 0.5) is 0 Å². The molecule has 0 radical (unpaired) electrons. The van der Waals surface area contributed by atoms with Crippen LogP contribution in [0.25, 0.3) is 0 Å². The molecule has 2 N–H and O–H groups in total. The van der Waals surface area contributed by atoms with E-state index in [9.17, 15) is 14.8 Å². The Morgan fingerprint density at radius 1 is 1.29 bits per heavy atom. The summed E-state index contributed by atoms with van der Waals surface area (Å²) >= 11 is 0. The van der Waals surface area contributed by atoms with E-state index < -0.39 is 0 Å². The van der Waals surface area contributed by atoms with Crippen LogP contribution in [0, 0.1) is 11.3 Å². The van der Waals surface area contributed by atoms with Crippen molar-refractivity contribution in [1.29, 1.82) is 0 Å². The van der Waals surface area contributed by atoms with Crippen LogP contribution in [0.15, 0.2) is 18.2 Å². The van der Waals surface area contributed by atoms with Crippen molar-refractivity contribution in [3.8, 4) is 0 Å². The highest BCUT2D eigenvalue weighted by molar-refractivity contribution is 5.93. The normalized spacial score (nSPS) is 26.0. The Balaban J connectivity index is 1.51. The molecule has 4 rings (SSSR count). The standard InChI is InChI=1S/C19H24N2O3/c22-17-10-19(12-20-17)7-6-14-4-5-15(8-16(14)9-19)18(23)21(24)11-13-2-1-3-13/h4-5,8,13,24H,1-3,6-7,9-12H2,(H,20,22)/t19-/m0/s1. The third kappa shape index (κ3) is 2.81. The Morgan fingerprint density at radius 2 is 2.12 bits per heavy atom. The second-order valence-corrected chi connectivity index (χ2v) is 7.80. The zero-order valence-corrected chi connectivity index (χ0v) is 13.9. The Hall–Kier alpha value is -1.88. The molecule has 1 aliphatic heterocycles. The molecule has 1 aromatic carbocycles. The molecular formula is C19H24N2O3. The molecule has 2 aliphatic carbocycles. The molecule has 0 bridgehead atoms. The highest BCUT2D eigenvalue weighted by atomic mass is 16.5. The van der Waals surface area contributed by atoms with Crippen molar-refractivity contribution in [2.45, 2.75) is 44.9 Å². The van der Waals surface area contributed by atoms with E-state index in [2.05, 4.69) is 5.32 Å². The largest absolute Gasteiger partial charge is 0.356 e. The fourth-order valence-corrected chi connectivity index (χ4v) is 4.26. The Bertz CT molecular complexity index is 683. The molecule has 3 aliphatic rings. The first-order valence-corrected chi connectivity index (χ1v) is 8.94. The van der Waals surface area contributed by atoms with Crippen LogP contribution < -0.4 is 5.32 Å². The van der Waals surface area contributed by atoms with Gasteiger partial charge in [-0.3, -0.25) is 14.8 Å². The van der Waals surface area contributed by atoms with Gasteiger partial charge < -0.3 is 5.32 Å². The highest BCUT2D eigenvalue weighted by Crippen LogP contribution is 2.40. The van der Waals surface area contributed by atoms with Crippen molar-refractivity contribution in [3.05, 3.63) is 34.9 Å². The van der Waals surface area contributed by atoms with Crippen molar-refractivity contribution in [2.75, 3.05) is 13.1 Å². The van der Waals surface area contributed by atoms with Gasteiger partial charge in [-0.25, -0.2) is 5.06 Å². The van der Waals surface area contributed by atoms with Gasteiger partial charge in [-0.2, -0.15) is 0 Å². The fourth-order valence-electron chi connectivity index (χ4n) is 4.26. The third-order valence-corrected chi connectivity index (χ3v) is 6.03. The Labute approximate surface area is 142 Å².